The van der Waals surface area contributed by atoms with Crippen LogP contribution in [0.1, 0.15) is 73.2 Å². The second kappa shape index (κ2) is 17.5. The van der Waals surface area contributed by atoms with Crippen LogP contribution in [0.3, 0.4) is 0 Å². The molecule has 48 heavy (non-hydrogen) atoms. The number of carbonyl (C=O) groups excluding carboxylic acids is 2. The molecule has 0 radical (unpaired) electrons. The van der Waals surface area contributed by atoms with Gasteiger partial charge in [-0.2, -0.15) is 0 Å². The van der Waals surface area contributed by atoms with Gasteiger partial charge in [0.25, 0.3) is 11.8 Å². The second-order valence-corrected chi connectivity index (χ2v) is 11.6. The Labute approximate surface area is 285 Å². The molecule has 0 spiro atoms. The Hall–Kier alpha value is -4.57. The van der Waals surface area contributed by atoms with Crippen molar-refractivity contribution in [3.63, 3.8) is 0 Å². The highest BCUT2D eigenvalue weighted by Crippen LogP contribution is 2.38. The molecule has 3 aliphatic heterocycles. The van der Waals surface area contributed by atoms with Crippen LogP contribution in [0.5, 0.6) is 28.7 Å². The molecule has 3 aromatic carbocycles. The lowest BCUT2D eigenvalue weighted by Crippen LogP contribution is -2.46. The van der Waals surface area contributed by atoms with Gasteiger partial charge in [0.1, 0.15) is 17.2 Å². The third-order valence-electron chi connectivity index (χ3n) is 8.47. The van der Waals surface area contributed by atoms with Gasteiger partial charge in [-0.15, -0.1) is 0 Å². The Bertz CT molecular complexity index is 1550. The number of aryl methyl sites for hydroxylation is 1. The number of ether oxygens (including phenoxy) is 4. The molecule has 2 saturated heterocycles. The van der Waals surface area contributed by atoms with Gasteiger partial charge >= 0.3 is 0 Å². The Kier molecular flexibility index (Phi) is 13.3. The molecule has 258 valence electrons. The third-order valence-corrected chi connectivity index (χ3v) is 8.47. The summed E-state index contributed by atoms with van der Waals surface area (Å²) >= 11 is 0. The Morgan fingerprint density at radius 3 is 2.29 bits per heavy atom. The normalized spacial score (nSPS) is 17.0. The van der Waals surface area contributed by atoms with Crippen LogP contribution in [0, 0.1) is 6.92 Å². The zero-order chi connectivity index (χ0) is 34.6. The SMILES string of the molecule is CC.CCC(C)Oc1cc2c(cc1OC)C(=O)N1CCCC1C=N2.COc1ccc(Oc2ccc(C(=O)N3CCNCC3)cc2C)cc1. The topological polar surface area (TPSA) is 102 Å². The lowest BCUT2D eigenvalue weighted by atomic mass is 10.1. The standard InChI is InChI=1S/C19H22N2O3.C17H22N2O3.C2H6/c1-14-13-15(19(22)21-11-9-20-10-12-21)3-8-18(14)24-17-6-4-16(23-2)5-7-17;1-4-11(2)22-16-9-14-13(8-15(16)21-3)17(20)19-7-5-6-12(19)10-18-14;1-2/h3-8,13,20H,9-12H2,1-2H3;8-12H,4-7H2,1-3H3;1-2H3. The third kappa shape index (κ3) is 8.86. The van der Waals surface area contributed by atoms with Crippen molar-refractivity contribution in [2.24, 2.45) is 4.99 Å². The molecule has 10 heteroatoms. The molecule has 3 aromatic rings. The van der Waals surface area contributed by atoms with E-state index in [2.05, 4.69) is 17.2 Å². The number of carbonyl (C=O) groups is 2. The molecule has 3 aliphatic rings. The van der Waals surface area contributed by atoms with Gasteiger partial charge in [-0.05, 0) is 87.2 Å². The van der Waals surface area contributed by atoms with Gasteiger partial charge in [0.05, 0.1) is 37.6 Å². The highest BCUT2D eigenvalue weighted by Gasteiger charge is 2.32. The van der Waals surface area contributed by atoms with Gasteiger partial charge in [-0.25, -0.2) is 0 Å². The zero-order valence-electron chi connectivity index (χ0n) is 29.4. The van der Waals surface area contributed by atoms with E-state index in [9.17, 15) is 9.59 Å². The summed E-state index contributed by atoms with van der Waals surface area (Å²) in [4.78, 5) is 33.6. The number of nitrogens with zero attached hydrogens (tertiary/aromatic N) is 3. The van der Waals surface area contributed by atoms with Crippen molar-refractivity contribution >= 4 is 23.7 Å². The average molecular weight is 659 g/mol. The summed E-state index contributed by atoms with van der Waals surface area (Å²) in [5.74, 6) is 3.61. The second-order valence-electron chi connectivity index (χ2n) is 11.6. The lowest BCUT2D eigenvalue weighted by Gasteiger charge is -2.27. The number of hydrogen-bond acceptors (Lipinski definition) is 8. The van der Waals surface area contributed by atoms with Crippen LogP contribution in [0.2, 0.25) is 0 Å². The van der Waals surface area contributed by atoms with Crippen LogP contribution in [0.15, 0.2) is 59.6 Å². The molecule has 10 nitrogen and oxygen atoms in total. The van der Waals surface area contributed by atoms with Gasteiger partial charge in [-0.1, -0.05) is 20.8 Å². The summed E-state index contributed by atoms with van der Waals surface area (Å²) in [6, 6.07) is 16.7. The Morgan fingerprint density at radius 1 is 0.938 bits per heavy atom. The number of aliphatic imine (C=N–C) groups is 1. The van der Waals surface area contributed by atoms with Gasteiger partial charge in [0.15, 0.2) is 11.5 Å². The number of piperazine rings is 1. The smallest absolute Gasteiger partial charge is 0.256 e. The van der Waals surface area contributed by atoms with Gasteiger partial charge < -0.3 is 34.1 Å². The largest absolute Gasteiger partial charge is 0.497 e. The van der Waals surface area contributed by atoms with Crippen molar-refractivity contribution in [1.82, 2.24) is 15.1 Å². The molecule has 2 unspecified atom stereocenters. The molecule has 2 amide bonds. The summed E-state index contributed by atoms with van der Waals surface area (Å²) in [6.45, 7) is 14.0. The first-order valence-electron chi connectivity index (χ1n) is 17.0. The van der Waals surface area contributed by atoms with E-state index in [4.69, 9.17) is 18.9 Å². The lowest BCUT2D eigenvalue weighted by molar-refractivity contribution is 0.0734. The number of hydrogen-bond donors (Lipinski definition) is 1. The number of fused-ring (bicyclic) bond motifs is 2. The fourth-order valence-electron chi connectivity index (χ4n) is 5.62. The van der Waals surface area contributed by atoms with Crippen molar-refractivity contribution in [3.8, 4) is 28.7 Å². The number of amides is 2. The van der Waals surface area contributed by atoms with Crippen molar-refractivity contribution in [1.29, 1.82) is 0 Å². The molecule has 2 atom stereocenters. The minimum Gasteiger partial charge on any atom is -0.497 e. The van der Waals surface area contributed by atoms with E-state index in [1.165, 1.54) is 0 Å². The number of rotatable bonds is 8. The van der Waals surface area contributed by atoms with Crippen LogP contribution in [0.4, 0.5) is 5.69 Å². The van der Waals surface area contributed by atoms with Crippen molar-refractivity contribution in [2.75, 3.05) is 46.9 Å². The maximum absolute atomic E-state index is 12.7. The number of methoxy groups -OCH3 is 2. The van der Waals surface area contributed by atoms with Crippen LogP contribution >= 0.6 is 0 Å². The molecule has 3 heterocycles. The molecular formula is C38H50N4O6. The fraction of sp³-hybridized carbons (Fsp3) is 0.447. The first-order chi connectivity index (χ1) is 23.3. The maximum Gasteiger partial charge on any atom is 0.256 e. The maximum atomic E-state index is 12.7. The molecule has 1 N–H and O–H groups in total. The Morgan fingerprint density at radius 2 is 1.65 bits per heavy atom. The highest BCUT2D eigenvalue weighted by atomic mass is 16.5. The van der Waals surface area contributed by atoms with Crippen molar-refractivity contribution in [3.05, 3.63) is 71.3 Å². The van der Waals surface area contributed by atoms with Crippen LogP contribution in [0.25, 0.3) is 0 Å². The fourth-order valence-corrected chi connectivity index (χ4v) is 5.62. The summed E-state index contributed by atoms with van der Waals surface area (Å²) in [5, 5.41) is 3.25. The highest BCUT2D eigenvalue weighted by molar-refractivity contribution is 6.03. The molecule has 2 fully saturated rings. The van der Waals surface area contributed by atoms with Gasteiger partial charge in [0.2, 0.25) is 0 Å². The van der Waals surface area contributed by atoms with Crippen LogP contribution < -0.4 is 24.3 Å². The van der Waals surface area contributed by atoms with Crippen LogP contribution in [-0.4, -0.2) is 86.9 Å². The molecule has 0 aromatic heterocycles. The Balaban J connectivity index is 0.000000207. The number of nitrogens with one attached hydrogen (secondary N) is 1. The van der Waals surface area contributed by atoms with Crippen molar-refractivity contribution < 1.29 is 28.5 Å². The molecular weight excluding hydrogens is 608 g/mol. The quantitative estimate of drug-likeness (QED) is 0.277. The number of benzene rings is 3. The average Bonchev–Trinajstić information content (AvgIpc) is 3.57. The van der Waals surface area contributed by atoms with Gasteiger partial charge in [0, 0.05) is 50.6 Å². The monoisotopic (exact) mass is 658 g/mol. The van der Waals surface area contributed by atoms with Crippen molar-refractivity contribution in [2.45, 2.75) is 66.0 Å². The van der Waals surface area contributed by atoms with E-state index >= 15 is 0 Å². The predicted octanol–water partition coefficient (Wildman–Crippen LogP) is 7.06. The minimum atomic E-state index is 0.0309. The summed E-state index contributed by atoms with van der Waals surface area (Å²) in [6.07, 6.45) is 4.88. The first-order valence-corrected chi connectivity index (χ1v) is 17.0. The van der Waals surface area contributed by atoms with E-state index in [-0.39, 0.29) is 24.0 Å². The minimum absolute atomic E-state index is 0.0309. The predicted molar refractivity (Wildman–Crippen MR) is 190 cm³/mol. The summed E-state index contributed by atoms with van der Waals surface area (Å²) in [5.41, 5.74) is 2.90. The summed E-state index contributed by atoms with van der Waals surface area (Å²) in [7, 11) is 3.22. The first kappa shape index (κ1) is 36.3. The van der Waals surface area contributed by atoms with E-state index < -0.39 is 0 Å². The molecule has 0 saturated carbocycles. The van der Waals surface area contributed by atoms with Gasteiger partial charge in [-0.3, -0.25) is 14.6 Å². The molecule has 0 aliphatic carbocycles. The van der Waals surface area contributed by atoms with E-state index in [1.807, 2.05) is 92.2 Å². The van der Waals surface area contributed by atoms with Crippen LogP contribution in [-0.2, 0) is 0 Å². The molecule has 0 bridgehead atoms. The molecule has 6 rings (SSSR count). The van der Waals surface area contributed by atoms with E-state index in [0.29, 0.717) is 28.3 Å². The van der Waals surface area contributed by atoms with E-state index in [1.54, 1.807) is 20.3 Å². The van der Waals surface area contributed by atoms with E-state index in [0.717, 1.165) is 74.8 Å². The zero-order valence-corrected chi connectivity index (χ0v) is 29.4. The summed E-state index contributed by atoms with van der Waals surface area (Å²) < 4.78 is 22.3.